The summed E-state index contributed by atoms with van der Waals surface area (Å²) in [4.78, 5) is 2.01. The van der Waals surface area contributed by atoms with Crippen LogP contribution in [0.4, 0.5) is 0 Å². The van der Waals surface area contributed by atoms with Crippen LogP contribution in [0, 0.1) is 0 Å². The van der Waals surface area contributed by atoms with Gasteiger partial charge in [-0.3, -0.25) is 4.90 Å². The van der Waals surface area contributed by atoms with Crippen molar-refractivity contribution in [2.75, 3.05) is 39.9 Å². The maximum Gasteiger partial charge on any atom is 0.277 e. The van der Waals surface area contributed by atoms with Gasteiger partial charge in [-0.15, -0.1) is 0 Å². The van der Waals surface area contributed by atoms with Crippen LogP contribution in [0.3, 0.4) is 0 Å². The quantitative estimate of drug-likeness (QED) is 0.139. The lowest BCUT2D eigenvalue weighted by molar-refractivity contribution is 0.204. The van der Waals surface area contributed by atoms with Crippen LogP contribution in [-0.4, -0.2) is 70.3 Å². The van der Waals surface area contributed by atoms with Crippen LogP contribution in [-0.2, 0) is 14.9 Å². The molecule has 0 amide bonds. The first-order valence-corrected chi connectivity index (χ1v) is 7.89. The number of nitrogens with one attached hydrogen (secondary N) is 2. The summed E-state index contributed by atoms with van der Waals surface area (Å²) in [6.07, 6.45) is 1.37. The molecule has 0 aromatic heterocycles. The summed E-state index contributed by atoms with van der Waals surface area (Å²) >= 11 is 0. The van der Waals surface area contributed by atoms with Gasteiger partial charge >= 0.3 is 0 Å². The first kappa shape index (κ1) is 17.1. The third-order valence-electron chi connectivity index (χ3n) is 3.02. The van der Waals surface area contributed by atoms with Crippen LogP contribution >= 0.6 is 0 Å². The average Bonchev–Trinajstić information content (AvgIpc) is 2.40. The molecule has 9 nitrogen and oxygen atoms in total. The Bertz CT molecular complexity index is 406. The number of amidine groups is 1. The van der Waals surface area contributed by atoms with Gasteiger partial charge in [0.15, 0.2) is 5.84 Å². The van der Waals surface area contributed by atoms with E-state index in [1.165, 1.54) is 7.11 Å². The molecular weight excluding hydrogens is 286 g/mol. The maximum absolute atomic E-state index is 11.7. The highest BCUT2D eigenvalue weighted by Crippen LogP contribution is 2.10. The number of hydrogen-bond donors (Lipinski definition) is 4. The Morgan fingerprint density at radius 2 is 2.15 bits per heavy atom. The van der Waals surface area contributed by atoms with Gasteiger partial charge in [-0.1, -0.05) is 5.16 Å². The summed E-state index contributed by atoms with van der Waals surface area (Å²) in [5.41, 5.74) is 5.43. The number of likely N-dealkylation sites (tertiary alicyclic amines) is 1. The topological polar surface area (TPSA) is 129 Å². The minimum Gasteiger partial charge on any atom is -0.409 e. The lowest BCUT2D eigenvalue weighted by atomic mass is 10.1. The number of nitrogens with two attached hydrogens (primary N) is 1. The molecule has 0 spiro atoms. The highest BCUT2D eigenvalue weighted by molar-refractivity contribution is 7.87. The van der Waals surface area contributed by atoms with Crippen LogP contribution in [0.15, 0.2) is 5.16 Å². The van der Waals surface area contributed by atoms with Gasteiger partial charge in [-0.25, -0.2) is 0 Å². The second kappa shape index (κ2) is 8.37. The maximum atomic E-state index is 11.7. The van der Waals surface area contributed by atoms with Gasteiger partial charge in [0.05, 0.1) is 13.2 Å². The number of piperidine rings is 1. The number of oxime groups is 1. The monoisotopic (exact) mass is 309 g/mol. The Kier molecular flexibility index (Phi) is 7.16. The van der Waals surface area contributed by atoms with Crippen molar-refractivity contribution >= 4 is 16.0 Å². The average molecular weight is 309 g/mol. The lowest BCUT2D eigenvalue weighted by Gasteiger charge is -2.31. The Morgan fingerprint density at radius 3 is 2.70 bits per heavy atom. The van der Waals surface area contributed by atoms with E-state index in [1.54, 1.807) is 0 Å². The van der Waals surface area contributed by atoms with E-state index in [-0.39, 0.29) is 18.4 Å². The second-order valence-corrected chi connectivity index (χ2v) is 6.18. The third kappa shape index (κ3) is 6.48. The fourth-order valence-corrected chi connectivity index (χ4v) is 3.12. The van der Waals surface area contributed by atoms with Gasteiger partial charge in [0.2, 0.25) is 0 Å². The van der Waals surface area contributed by atoms with Crippen LogP contribution in [0.1, 0.15) is 12.8 Å². The number of ether oxygens (including phenoxy) is 1. The molecule has 0 aromatic rings. The molecule has 5 N–H and O–H groups in total. The first-order chi connectivity index (χ1) is 9.46. The van der Waals surface area contributed by atoms with E-state index in [0.29, 0.717) is 39.1 Å². The highest BCUT2D eigenvalue weighted by Gasteiger charge is 2.23. The number of methoxy groups -OCH3 is 1. The summed E-state index contributed by atoms with van der Waals surface area (Å²) < 4.78 is 33.2. The van der Waals surface area contributed by atoms with Crippen molar-refractivity contribution in [3.8, 4) is 0 Å². The van der Waals surface area contributed by atoms with Gasteiger partial charge in [0.25, 0.3) is 10.2 Å². The molecule has 0 unspecified atom stereocenters. The van der Waals surface area contributed by atoms with Crippen molar-refractivity contribution in [3.63, 3.8) is 0 Å². The minimum absolute atomic E-state index is 0.0985. The van der Waals surface area contributed by atoms with Gasteiger partial charge in [-0.2, -0.15) is 17.9 Å². The zero-order valence-corrected chi connectivity index (χ0v) is 12.4. The summed E-state index contributed by atoms with van der Waals surface area (Å²) in [6.45, 7) is 2.36. The number of hydrogen-bond acceptors (Lipinski definition) is 6. The molecule has 20 heavy (non-hydrogen) atoms. The second-order valence-electron chi connectivity index (χ2n) is 4.65. The SMILES string of the molecule is COCCNS(=O)(=O)NC1CCN(CC(N)=NO)CC1. The summed E-state index contributed by atoms with van der Waals surface area (Å²) in [6, 6.07) is -0.0985. The normalized spacial score (nSPS) is 19.4. The Hall–Kier alpha value is -0.940. The minimum atomic E-state index is -3.49. The predicted molar refractivity (Wildman–Crippen MR) is 74.8 cm³/mol. The molecule has 1 rings (SSSR count). The van der Waals surface area contributed by atoms with E-state index < -0.39 is 10.2 Å². The van der Waals surface area contributed by atoms with Crippen LogP contribution in [0.2, 0.25) is 0 Å². The van der Waals surface area contributed by atoms with Crippen LogP contribution < -0.4 is 15.2 Å². The van der Waals surface area contributed by atoms with Crippen molar-refractivity contribution in [1.29, 1.82) is 0 Å². The van der Waals surface area contributed by atoms with E-state index >= 15 is 0 Å². The van der Waals surface area contributed by atoms with Crippen LogP contribution in [0.25, 0.3) is 0 Å². The molecule has 0 radical (unpaired) electrons. The molecule has 1 saturated heterocycles. The van der Waals surface area contributed by atoms with E-state index in [4.69, 9.17) is 15.7 Å². The fraction of sp³-hybridized carbons (Fsp3) is 0.900. The van der Waals surface area contributed by atoms with Gasteiger partial charge < -0.3 is 15.7 Å². The predicted octanol–water partition coefficient (Wildman–Crippen LogP) is -1.73. The Balaban J connectivity index is 2.31. The van der Waals surface area contributed by atoms with Gasteiger partial charge in [0.1, 0.15) is 0 Å². The van der Waals surface area contributed by atoms with Crippen molar-refractivity contribution in [1.82, 2.24) is 14.3 Å². The Morgan fingerprint density at radius 1 is 1.50 bits per heavy atom. The molecule has 1 fully saturated rings. The first-order valence-electron chi connectivity index (χ1n) is 6.41. The molecule has 1 aliphatic heterocycles. The molecular formula is C10H23N5O4S. The molecule has 1 aliphatic rings. The fourth-order valence-electron chi connectivity index (χ4n) is 2.01. The zero-order chi connectivity index (χ0) is 15.0. The largest absolute Gasteiger partial charge is 0.409 e. The van der Waals surface area contributed by atoms with Crippen molar-refractivity contribution in [3.05, 3.63) is 0 Å². The summed E-state index contributed by atoms with van der Waals surface area (Å²) in [5, 5.41) is 11.4. The standard InChI is InChI=1S/C10H23N5O4S/c1-19-7-4-12-20(17,18)14-9-2-5-15(6-3-9)8-10(11)13-16/h9,12,14,16H,2-8H2,1H3,(H2,11,13). The summed E-state index contributed by atoms with van der Waals surface area (Å²) in [5.74, 6) is 0.158. The van der Waals surface area contributed by atoms with Crippen molar-refractivity contribution in [2.24, 2.45) is 10.9 Å². The number of nitrogens with zero attached hydrogens (tertiary/aromatic N) is 2. The molecule has 118 valence electrons. The smallest absolute Gasteiger partial charge is 0.277 e. The van der Waals surface area contributed by atoms with Crippen molar-refractivity contribution < 1.29 is 18.4 Å². The molecule has 0 atom stereocenters. The molecule has 0 saturated carbocycles. The van der Waals surface area contributed by atoms with Crippen LogP contribution in [0.5, 0.6) is 0 Å². The Labute approximate surface area is 119 Å². The van der Waals surface area contributed by atoms with E-state index in [9.17, 15) is 8.42 Å². The van der Waals surface area contributed by atoms with E-state index in [0.717, 1.165) is 0 Å². The molecule has 1 heterocycles. The van der Waals surface area contributed by atoms with E-state index in [2.05, 4.69) is 14.6 Å². The molecule has 0 aromatic carbocycles. The van der Waals surface area contributed by atoms with E-state index in [1.807, 2.05) is 4.90 Å². The number of rotatable bonds is 8. The third-order valence-corrected chi connectivity index (χ3v) is 4.25. The van der Waals surface area contributed by atoms with Gasteiger partial charge in [-0.05, 0) is 12.8 Å². The molecule has 10 heteroatoms. The highest BCUT2D eigenvalue weighted by atomic mass is 32.2. The molecule has 0 bridgehead atoms. The van der Waals surface area contributed by atoms with Crippen molar-refractivity contribution in [2.45, 2.75) is 18.9 Å². The zero-order valence-electron chi connectivity index (χ0n) is 11.6. The lowest BCUT2D eigenvalue weighted by Crippen LogP contribution is -2.49. The molecule has 0 aliphatic carbocycles. The van der Waals surface area contributed by atoms with Gasteiger partial charge in [0, 0.05) is 32.8 Å². The summed E-state index contributed by atoms with van der Waals surface area (Å²) in [7, 11) is -1.97.